The lowest BCUT2D eigenvalue weighted by Crippen LogP contribution is -2.29. The molecule has 3 atom stereocenters. The maximum atomic E-state index is 6.54. The summed E-state index contributed by atoms with van der Waals surface area (Å²) >= 11 is 0. The van der Waals surface area contributed by atoms with Gasteiger partial charge in [0.2, 0.25) is 0 Å². The van der Waals surface area contributed by atoms with E-state index >= 15 is 0 Å². The van der Waals surface area contributed by atoms with E-state index in [1.165, 1.54) is 5.56 Å². The summed E-state index contributed by atoms with van der Waals surface area (Å²) in [5.74, 6) is 3.25. The minimum absolute atomic E-state index is 0.0807. The van der Waals surface area contributed by atoms with Crippen LogP contribution in [0.4, 0.5) is 0 Å². The normalized spacial score (nSPS) is 20.4. The van der Waals surface area contributed by atoms with Gasteiger partial charge in [-0.2, -0.15) is 0 Å². The molecule has 164 valence electrons. The highest BCUT2D eigenvalue weighted by atomic mass is 16.5. The molecule has 0 bridgehead atoms. The van der Waals surface area contributed by atoms with Crippen molar-refractivity contribution in [2.75, 3.05) is 27.9 Å². The average Bonchev–Trinajstić information content (AvgIpc) is 2.77. The Hall–Kier alpha value is -2.40. The maximum Gasteiger partial charge on any atom is 0.161 e. The molecule has 5 heteroatoms. The third-order valence-corrected chi connectivity index (χ3v) is 5.87. The Labute approximate surface area is 180 Å². The molecule has 5 nitrogen and oxygen atoms in total. The Morgan fingerprint density at radius 2 is 1.50 bits per heavy atom. The molecular weight excluding hydrogens is 380 g/mol. The minimum Gasteiger partial charge on any atom is -0.493 e. The van der Waals surface area contributed by atoms with Gasteiger partial charge in [-0.05, 0) is 60.7 Å². The highest BCUT2D eigenvalue weighted by Crippen LogP contribution is 2.47. The van der Waals surface area contributed by atoms with Crippen molar-refractivity contribution in [2.24, 2.45) is 0 Å². The van der Waals surface area contributed by atoms with E-state index in [0.717, 1.165) is 47.6 Å². The lowest BCUT2D eigenvalue weighted by Gasteiger charge is -2.37. The predicted molar refractivity (Wildman–Crippen MR) is 118 cm³/mol. The molecule has 1 heterocycles. The molecular formula is C25H34O5. The van der Waals surface area contributed by atoms with Crippen molar-refractivity contribution in [3.05, 3.63) is 47.0 Å². The highest BCUT2D eigenvalue weighted by molar-refractivity contribution is 5.54. The molecule has 0 amide bonds. The van der Waals surface area contributed by atoms with Crippen LogP contribution in [0.2, 0.25) is 0 Å². The van der Waals surface area contributed by atoms with Crippen LogP contribution in [0.25, 0.3) is 0 Å². The molecule has 0 N–H and O–H groups in total. The molecule has 2 aromatic rings. The van der Waals surface area contributed by atoms with E-state index in [1.807, 2.05) is 12.1 Å². The highest BCUT2D eigenvalue weighted by Gasteiger charge is 2.35. The Bertz CT molecular complexity index is 848. The zero-order valence-corrected chi connectivity index (χ0v) is 19.0. The summed E-state index contributed by atoms with van der Waals surface area (Å²) in [5, 5.41) is 0. The smallest absolute Gasteiger partial charge is 0.161 e. The minimum atomic E-state index is -0.211. The Morgan fingerprint density at radius 3 is 2.10 bits per heavy atom. The number of fused-ring (bicyclic) bond motifs is 1. The largest absolute Gasteiger partial charge is 0.493 e. The van der Waals surface area contributed by atoms with Gasteiger partial charge in [0.15, 0.2) is 23.0 Å². The molecule has 30 heavy (non-hydrogen) atoms. The summed E-state index contributed by atoms with van der Waals surface area (Å²) in [4.78, 5) is 0. The molecule has 0 spiro atoms. The molecule has 3 rings (SSSR count). The zero-order valence-electron chi connectivity index (χ0n) is 19.0. The van der Waals surface area contributed by atoms with E-state index in [4.69, 9.17) is 23.7 Å². The number of ether oxygens (including phenoxy) is 5. The van der Waals surface area contributed by atoms with E-state index in [9.17, 15) is 0 Å². The number of unbranched alkanes of at least 4 members (excludes halogenated alkanes) is 1. The van der Waals surface area contributed by atoms with Gasteiger partial charge >= 0.3 is 0 Å². The van der Waals surface area contributed by atoms with Crippen LogP contribution in [0.5, 0.6) is 23.0 Å². The van der Waals surface area contributed by atoms with E-state index < -0.39 is 0 Å². The van der Waals surface area contributed by atoms with Crippen molar-refractivity contribution in [2.45, 2.75) is 58.2 Å². The van der Waals surface area contributed by atoms with Crippen LogP contribution in [-0.4, -0.2) is 34.0 Å². The van der Waals surface area contributed by atoms with Gasteiger partial charge in [-0.3, -0.25) is 0 Å². The summed E-state index contributed by atoms with van der Waals surface area (Å²) in [7, 11) is 5.00. The summed E-state index contributed by atoms with van der Waals surface area (Å²) < 4.78 is 29.2. The summed E-state index contributed by atoms with van der Waals surface area (Å²) in [6, 6.07) is 10.2. The quantitative estimate of drug-likeness (QED) is 0.479. The standard InChI is InChI=1S/C25H34O5/c1-7-9-12-29-24-13-17(10-11-21(24)26-4)25-20-15-23(28-6)22(27-5)14-19(20)18(8-2)16(3)30-25/h10-11,13-16,18,25H,7-9,12H2,1-6H3. The monoisotopic (exact) mass is 414 g/mol. The summed E-state index contributed by atoms with van der Waals surface area (Å²) in [6.07, 6.45) is 2.94. The van der Waals surface area contributed by atoms with Crippen molar-refractivity contribution in [1.29, 1.82) is 0 Å². The van der Waals surface area contributed by atoms with E-state index in [-0.39, 0.29) is 12.2 Å². The maximum absolute atomic E-state index is 6.54. The van der Waals surface area contributed by atoms with Crippen molar-refractivity contribution < 1.29 is 23.7 Å². The van der Waals surface area contributed by atoms with E-state index in [1.54, 1.807) is 21.3 Å². The molecule has 0 fully saturated rings. The van der Waals surface area contributed by atoms with Crippen LogP contribution in [0.1, 0.15) is 68.7 Å². The molecule has 1 aliphatic heterocycles. The Morgan fingerprint density at radius 1 is 0.833 bits per heavy atom. The number of methoxy groups -OCH3 is 3. The van der Waals surface area contributed by atoms with Gasteiger partial charge < -0.3 is 23.7 Å². The van der Waals surface area contributed by atoms with Crippen molar-refractivity contribution in [3.63, 3.8) is 0 Å². The molecule has 0 saturated heterocycles. The first-order valence-electron chi connectivity index (χ1n) is 10.8. The number of rotatable bonds is 9. The molecule has 0 aliphatic carbocycles. The average molecular weight is 415 g/mol. The second-order valence-electron chi connectivity index (χ2n) is 7.68. The second-order valence-corrected chi connectivity index (χ2v) is 7.68. The molecule has 0 aromatic heterocycles. The first-order chi connectivity index (χ1) is 14.6. The molecule has 0 radical (unpaired) electrons. The molecule has 3 unspecified atom stereocenters. The molecule has 2 aromatic carbocycles. The van der Waals surface area contributed by atoms with Gasteiger partial charge in [-0.25, -0.2) is 0 Å². The second kappa shape index (κ2) is 10.1. The fourth-order valence-corrected chi connectivity index (χ4v) is 4.20. The Kier molecular flexibility index (Phi) is 7.48. The topological polar surface area (TPSA) is 46.2 Å². The van der Waals surface area contributed by atoms with Gasteiger partial charge in [0.1, 0.15) is 6.10 Å². The van der Waals surface area contributed by atoms with Gasteiger partial charge in [-0.1, -0.05) is 26.3 Å². The van der Waals surface area contributed by atoms with Gasteiger partial charge in [-0.15, -0.1) is 0 Å². The van der Waals surface area contributed by atoms with Crippen LogP contribution in [0.3, 0.4) is 0 Å². The van der Waals surface area contributed by atoms with Crippen molar-refractivity contribution in [3.8, 4) is 23.0 Å². The fourth-order valence-electron chi connectivity index (χ4n) is 4.20. The Balaban J connectivity index is 2.07. The fraction of sp³-hybridized carbons (Fsp3) is 0.520. The van der Waals surface area contributed by atoms with Crippen molar-refractivity contribution in [1.82, 2.24) is 0 Å². The first-order valence-corrected chi connectivity index (χ1v) is 10.8. The number of hydrogen-bond acceptors (Lipinski definition) is 5. The van der Waals surface area contributed by atoms with Gasteiger partial charge in [0.25, 0.3) is 0 Å². The summed E-state index contributed by atoms with van der Waals surface area (Å²) in [6.45, 7) is 7.15. The zero-order chi connectivity index (χ0) is 21.7. The van der Waals surface area contributed by atoms with Crippen LogP contribution in [-0.2, 0) is 4.74 Å². The molecule has 0 saturated carbocycles. The SMILES string of the molecule is CCCCOc1cc(C2OC(C)C(CC)c3cc(OC)c(OC)cc32)ccc1OC. The number of benzene rings is 2. The van der Waals surface area contributed by atoms with Crippen LogP contribution in [0, 0.1) is 0 Å². The van der Waals surface area contributed by atoms with Gasteiger partial charge in [0.05, 0.1) is 34.0 Å². The van der Waals surface area contributed by atoms with Crippen LogP contribution >= 0.6 is 0 Å². The molecule has 1 aliphatic rings. The lowest BCUT2D eigenvalue weighted by atomic mass is 9.81. The van der Waals surface area contributed by atoms with E-state index in [0.29, 0.717) is 18.3 Å². The third kappa shape index (κ3) is 4.36. The third-order valence-electron chi connectivity index (χ3n) is 5.87. The van der Waals surface area contributed by atoms with E-state index in [2.05, 4.69) is 39.0 Å². The lowest BCUT2D eigenvalue weighted by molar-refractivity contribution is -0.0123. The predicted octanol–water partition coefficient (Wildman–Crippen LogP) is 5.89. The van der Waals surface area contributed by atoms with Gasteiger partial charge in [0, 0.05) is 5.92 Å². The van der Waals surface area contributed by atoms with Crippen molar-refractivity contribution >= 4 is 0 Å². The van der Waals surface area contributed by atoms with Crippen LogP contribution in [0.15, 0.2) is 30.3 Å². The number of hydrogen-bond donors (Lipinski definition) is 0. The summed E-state index contributed by atoms with van der Waals surface area (Å²) in [5.41, 5.74) is 3.41. The first kappa shape index (κ1) is 22.3. The van der Waals surface area contributed by atoms with Crippen LogP contribution < -0.4 is 18.9 Å².